The molecule has 0 saturated carbocycles. The van der Waals surface area contributed by atoms with Gasteiger partial charge in [-0.15, -0.1) is 0 Å². The molecule has 0 aliphatic heterocycles. The second-order valence-corrected chi connectivity index (χ2v) is 4.80. The quantitative estimate of drug-likeness (QED) is 0.910. The van der Waals surface area contributed by atoms with Gasteiger partial charge in [-0.3, -0.25) is 0 Å². The molecule has 96 valence electrons. The highest BCUT2D eigenvalue weighted by Gasteiger charge is 2.12. The van der Waals surface area contributed by atoms with Crippen molar-refractivity contribution in [1.82, 2.24) is 9.97 Å². The van der Waals surface area contributed by atoms with Crippen LogP contribution in [0.25, 0.3) is 11.6 Å². The molecule has 0 bridgehead atoms. The van der Waals surface area contributed by atoms with Crippen molar-refractivity contribution in [2.45, 2.75) is 26.7 Å². The van der Waals surface area contributed by atoms with Crippen LogP contribution in [0.2, 0.25) is 0 Å². The highest BCUT2D eigenvalue weighted by molar-refractivity contribution is 9.10. The van der Waals surface area contributed by atoms with E-state index < -0.39 is 0 Å². The van der Waals surface area contributed by atoms with E-state index in [1.807, 2.05) is 12.1 Å². The van der Waals surface area contributed by atoms with Gasteiger partial charge in [-0.25, -0.2) is 9.97 Å². The standard InChI is InChI=1S/C13H16BrN3O/c1-3-6-15-11-8-9(4-2)16-13(17-11)12-10(14)5-7-18-12/h5,7-8H,3-4,6H2,1-2H3,(H,15,16,17). The summed E-state index contributed by atoms with van der Waals surface area (Å²) in [5, 5.41) is 3.28. The van der Waals surface area contributed by atoms with Crippen molar-refractivity contribution in [3.05, 3.63) is 28.6 Å². The van der Waals surface area contributed by atoms with Crippen molar-refractivity contribution >= 4 is 21.7 Å². The van der Waals surface area contributed by atoms with Crippen LogP contribution in [0.1, 0.15) is 26.0 Å². The molecule has 0 fully saturated rings. The van der Waals surface area contributed by atoms with E-state index in [1.165, 1.54) is 0 Å². The lowest BCUT2D eigenvalue weighted by Crippen LogP contribution is -2.05. The summed E-state index contributed by atoms with van der Waals surface area (Å²) >= 11 is 3.43. The maximum atomic E-state index is 5.41. The van der Waals surface area contributed by atoms with E-state index in [-0.39, 0.29) is 0 Å². The normalized spacial score (nSPS) is 10.6. The summed E-state index contributed by atoms with van der Waals surface area (Å²) in [6, 6.07) is 3.83. The van der Waals surface area contributed by atoms with Crippen LogP contribution in [-0.4, -0.2) is 16.5 Å². The van der Waals surface area contributed by atoms with Gasteiger partial charge in [0.2, 0.25) is 0 Å². The average molecular weight is 310 g/mol. The minimum absolute atomic E-state index is 0.616. The molecule has 1 N–H and O–H groups in total. The van der Waals surface area contributed by atoms with Gasteiger partial charge in [-0.1, -0.05) is 13.8 Å². The minimum atomic E-state index is 0.616. The van der Waals surface area contributed by atoms with Crippen molar-refractivity contribution < 1.29 is 4.42 Å². The number of furan rings is 1. The highest BCUT2D eigenvalue weighted by Crippen LogP contribution is 2.27. The van der Waals surface area contributed by atoms with E-state index >= 15 is 0 Å². The Bertz CT molecular complexity index is 525. The molecule has 2 heterocycles. The zero-order valence-corrected chi connectivity index (χ0v) is 12.1. The van der Waals surface area contributed by atoms with Crippen LogP contribution in [-0.2, 0) is 6.42 Å². The van der Waals surface area contributed by atoms with E-state index in [4.69, 9.17) is 4.42 Å². The van der Waals surface area contributed by atoms with E-state index in [2.05, 4.69) is 45.1 Å². The molecule has 0 aliphatic rings. The molecule has 0 unspecified atom stereocenters. The van der Waals surface area contributed by atoms with Gasteiger partial charge in [0, 0.05) is 18.3 Å². The Balaban J connectivity index is 2.38. The van der Waals surface area contributed by atoms with Crippen LogP contribution in [0.15, 0.2) is 27.3 Å². The van der Waals surface area contributed by atoms with Crippen molar-refractivity contribution in [2.24, 2.45) is 0 Å². The maximum absolute atomic E-state index is 5.41. The Hall–Kier alpha value is -1.36. The fourth-order valence-corrected chi connectivity index (χ4v) is 1.96. The molecule has 0 radical (unpaired) electrons. The topological polar surface area (TPSA) is 51.0 Å². The van der Waals surface area contributed by atoms with Gasteiger partial charge in [0.15, 0.2) is 11.6 Å². The first-order chi connectivity index (χ1) is 8.74. The molecule has 18 heavy (non-hydrogen) atoms. The van der Waals surface area contributed by atoms with Crippen LogP contribution in [0.4, 0.5) is 5.82 Å². The third kappa shape index (κ3) is 2.90. The van der Waals surface area contributed by atoms with E-state index in [0.717, 1.165) is 35.4 Å². The van der Waals surface area contributed by atoms with E-state index in [0.29, 0.717) is 11.6 Å². The molecule has 0 saturated heterocycles. The van der Waals surface area contributed by atoms with Gasteiger partial charge in [0.05, 0.1) is 10.7 Å². The van der Waals surface area contributed by atoms with Crippen LogP contribution >= 0.6 is 15.9 Å². The molecule has 0 atom stereocenters. The second-order valence-electron chi connectivity index (χ2n) is 3.95. The third-order valence-corrected chi connectivity index (χ3v) is 3.14. The number of hydrogen-bond acceptors (Lipinski definition) is 4. The molecule has 0 amide bonds. The van der Waals surface area contributed by atoms with Crippen LogP contribution < -0.4 is 5.32 Å². The molecule has 0 aromatic carbocycles. The third-order valence-electron chi connectivity index (χ3n) is 2.52. The number of anilines is 1. The SMILES string of the molecule is CCCNc1cc(CC)nc(-c2occc2Br)n1. The summed E-state index contributed by atoms with van der Waals surface area (Å²) in [6.45, 7) is 5.10. The Morgan fingerprint density at radius 3 is 2.78 bits per heavy atom. The predicted octanol–water partition coefficient (Wildman–Crippen LogP) is 3.88. The van der Waals surface area contributed by atoms with E-state index in [9.17, 15) is 0 Å². The summed E-state index contributed by atoms with van der Waals surface area (Å²) in [6.07, 6.45) is 3.56. The first-order valence-electron chi connectivity index (χ1n) is 6.09. The molecule has 2 aromatic rings. The molecule has 2 aromatic heterocycles. The van der Waals surface area contributed by atoms with Gasteiger partial charge in [0.1, 0.15) is 5.82 Å². The number of halogens is 1. The van der Waals surface area contributed by atoms with Gasteiger partial charge in [0.25, 0.3) is 0 Å². The Kier molecular flexibility index (Phi) is 4.36. The lowest BCUT2D eigenvalue weighted by molar-refractivity contribution is 0.575. The maximum Gasteiger partial charge on any atom is 0.199 e. The largest absolute Gasteiger partial charge is 0.460 e. The molecule has 4 nitrogen and oxygen atoms in total. The lowest BCUT2D eigenvalue weighted by atomic mass is 10.3. The molecule has 2 rings (SSSR count). The fraction of sp³-hybridized carbons (Fsp3) is 0.385. The number of hydrogen-bond donors (Lipinski definition) is 1. The summed E-state index contributed by atoms with van der Waals surface area (Å²) in [7, 11) is 0. The lowest BCUT2D eigenvalue weighted by Gasteiger charge is -2.07. The number of aromatic nitrogens is 2. The zero-order valence-electron chi connectivity index (χ0n) is 10.5. The number of rotatable bonds is 5. The highest BCUT2D eigenvalue weighted by atomic mass is 79.9. The average Bonchev–Trinajstić information content (AvgIpc) is 2.82. The Morgan fingerprint density at radius 1 is 1.33 bits per heavy atom. The van der Waals surface area contributed by atoms with Crippen LogP contribution in [0, 0.1) is 0 Å². The smallest absolute Gasteiger partial charge is 0.199 e. The van der Waals surface area contributed by atoms with Crippen LogP contribution in [0.5, 0.6) is 0 Å². The van der Waals surface area contributed by atoms with Gasteiger partial charge >= 0.3 is 0 Å². The van der Waals surface area contributed by atoms with Crippen molar-refractivity contribution in [3.8, 4) is 11.6 Å². The van der Waals surface area contributed by atoms with Crippen molar-refractivity contribution in [1.29, 1.82) is 0 Å². The predicted molar refractivity (Wildman–Crippen MR) is 75.6 cm³/mol. The molecule has 5 heteroatoms. The first-order valence-corrected chi connectivity index (χ1v) is 6.89. The molecular formula is C13H16BrN3O. The van der Waals surface area contributed by atoms with Gasteiger partial charge in [-0.2, -0.15) is 0 Å². The fourth-order valence-electron chi connectivity index (χ4n) is 1.58. The minimum Gasteiger partial charge on any atom is -0.460 e. The Labute approximate surface area is 115 Å². The molecule has 0 spiro atoms. The number of nitrogens with one attached hydrogen (secondary N) is 1. The summed E-state index contributed by atoms with van der Waals surface area (Å²) in [5.74, 6) is 2.14. The van der Waals surface area contributed by atoms with E-state index in [1.54, 1.807) is 6.26 Å². The van der Waals surface area contributed by atoms with Crippen LogP contribution in [0.3, 0.4) is 0 Å². The van der Waals surface area contributed by atoms with Crippen molar-refractivity contribution in [3.63, 3.8) is 0 Å². The monoisotopic (exact) mass is 309 g/mol. The summed E-state index contributed by atoms with van der Waals surface area (Å²) in [5.41, 5.74) is 1.00. The van der Waals surface area contributed by atoms with Gasteiger partial charge < -0.3 is 9.73 Å². The second kappa shape index (κ2) is 6.00. The molecular weight excluding hydrogens is 294 g/mol. The summed E-state index contributed by atoms with van der Waals surface area (Å²) < 4.78 is 6.28. The van der Waals surface area contributed by atoms with Gasteiger partial charge in [-0.05, 0) is 34.8 Å². The Morgan fingerprint density at radius 2 is 2.17 bits per heavy atom. The van der Waals surface area contributed by atoms with Crippen molar-refractivity contribution in [2.75, 3.05) is 11.9 Å². The zero-order chi connectivity index (χ0) is 13.0. The number of nitrogens with zero attached hydrogens (tertiary/aromatic N) is 2. The number of aryl methyl sites for hydroxylation is 1. The first kappa shape index (κ1) is 13.1. The summed E-state index contributed by atoms with van der Waals surface area (Å²) in [4.78, 5) is 8.96. The molecule has 0 aliphatic carbocycles.